The number of esters is 1. The first-order chi connectivity index (χ1) is 9.48. The second-order valence-corrected chi connectivity index (χ2v) is 6.46. The largest absolute Gasteiger partial charge is 0.468 e. The lowest BCUT2D eigenvalue weighted by Crippen LogP contribution is -2.46. The van der Waals surface area contributed by atoms with Crippen molar-refractivity contribution in [1.29, 1.82) is 0 Å². The van der Waals surface area contributed by atoms with Crippen LogP contribution in [0.1, 0.15) is 28.8 Å². The molecule has 0 aromatic heterocycles. The quantitative estimate of drug-likeness (QED) is 0.575. The molecule has 20 heavy (non-hydrogen) atoms. The van der Waals surface area contributed by atoms with Crippen LogP contribution in [0.5, 0.6) is 0 Å². The van der Waals surface area contributed by atoms with E-state index in [1.165, 1.54) is 12.0 Å². The van der Waals surface area contributed by atoms with E-state index in [2.05, 4.69) is 4.74 Å². The van der Waals surface area contributed by atoms with Crippen molar-refractivity contribution >= 4 is 34.5 Å². The van der Waals surface area contributed by atoms with E-state index in [0.717, 1.165) is 12.8 Å². The zero-order valence-corrected chi connectivity index (χ0v) is 13.1. The van der Waals surface area contributed by atoms with Crippen LogP contribution in [0.4, 0.5) is 4.39 Å². The molecule has 0 N–H and O–H groups in total. The summed E-state index contributed by atoms with van der Waals surface area (Å²) in [5.74, 6) is -1.03. The van der Waals surface area contributed by atoms with Crippen molar-refractivity contribution in [3.63, 3.8) is 0 Å². The van der Waals surface area contributed by atoms with Crippen molar-refractivity contribution in [2.24, 2.45) is 0 Å². The topological polar surface area (TPSA) is 46.6 Å². The molecule has 0 atom stereocenters. The van der Waals surface area contributed by atoms with Gasteiger partial charge in [0.05, 0.1) is 7.11 Å². The highest BCUT2D eigenvalue weighted by Gasteiger charge is 2.53. The van der Waals surface area contributed by atoms with Gasteiger partial charge in [0.1, 0.15) is 12.4 Å². The summed E-state index contributed by atoms with van der Waals surface area (Å²) in [4.78, 5) is 25.3. The number of benzene rings is 1. The van der Waals surface area contributed by atoms with Crippen molar-refractivity contribution in [3.05, 3.63) is 32.6 Å². The third-order valence-corrected chi connectivity index (χ3v) is 4.87. The van der Waals surface area contributed by atoms with Crippen LogP contribution in [-0.4, -0.2) is 37.0 Å². The number of halogens is 2. The predicted octanol–water partition coefficient (Wildman–Crippen LogP) is 2.09. The van der Waals surface area contributed by atoms with E-state index in [-0.39, 0.29) is 23.7 Å². The fourth-order valence-corrected chi connectivity index (χ4v) is 3.29. The Hall–Kier alpha value is -1.18. The molecule has 0 saturated heterocycles. The molecule has 1 heterocycles. The Morgan fingerprint density at radius 3 is 2.80 bits per heavy atom. The molecule has 106 valence electrons. The minimum absolute atomic E-state index is 0.0792. The minimum Gasteiger partial charge on any atom is -0.468 e. The van der Waals surface area contributed by atoms with Gasteiger partial charge in [-0.25, -0.2) is 4.39 Å². The molecule has 1 aliphatic carbocycles. The van der Waals surface area contributed by atoms with Gasteiger partial charge in [-0.15, -0.1) is 0 Å². The summed E-state index contributed by atoms with van der Waals surface area (Å²) < 4.78 is 19.5. The number of amides is 1. The molecular formula is C14H13FINO3. The number of fused-ring (bicyclic) bond motifs is 2. The normalized spacial score (nSPS) is 18.9. The number of ether oxygens (including phenoxy) is 1. The van der Waals surface area contributed by atoms with E-state index in [1.54, 1.807) is 12.1 Å². The average Bonchev–Trinajstić information content (AvgIpc) is 3.19. The Balaban J connectivity index is 2.04. The fraction of sp³-hybridized carbons (Fsp3) is 0.429. The predicted molar refractivity (Wildman–Crippen MR) is 77.9 cm³/mol. The summed E-state index contributed by atoms with van der Waals surface area (Å²) in [6.45, 7) is 0.315. The molecule has 1 aromatic rings. The van der Waals surface area contributed by atoms with Crippen LogP contribution >= 0.6 is 22.6 Å². The summed E-state index contributed by atoms with van der Waals surface area (Å²) in [6.07, 6.45) is 1.70. The van der Waals surface area contributed by atoms with E-state index < -0.39 is 5.97 Å². The molecule has 1 spiro atoms. The van der Waals surface area contributed by atoms with Gasteiger partial charge >= 0.3 is 5.97 Å². The highest BCUT2D eigenvalue weighted by atomic mass is 127. The Kier molecular flexibility index (Phi) is 3.23. The van der Waals surface area contributed by atoms with E-state index in [9.17, 15) is 14.0 Å². The molecule has 0 bridgehead atoms. The van der Waals surface area contributed by atoms with Gasteiger partial charge < -0.3 is 9.64 Å². The molecule has 3 rings (SSSR count). The smallest absolute Gasteiger partial charge is 0.325 e. The zero-order chi connectivity index (χ0) is 14.5. The van der Waals surface area contributed by atoms with Gasteiger partial charge in [-0.05, 0) is 47.6 Å². The van der Waals surface area contributed by atoms with Crippen LogP contribution in [0.3, 0.4) is 0 Å². The molecule has 0 unspecified atom stereocenters. The van der Waals surface area contributed by atoms with Crippen LogP contribution in [0.2, 0.25) is 0 Å². The highest BCUT2D eigenvalue weighted by Crippen LogP contribution is 2.53. The molecule has 6 heteroatoms. The number of carbonyl (C=O) groups is 2. The van der Waals surface area contributed by atoms with Gasteiger partial charge in [-0.2, -0.15) is 0 Å². The van der Waals surface area contributed by atoms with E-state index in [0.29, 0.717) is 21.2 Å². The van der Waals surface area contributed by atoms with Crippen LogP contribution in [0, 0.1) is 9.39 Å². The van der Waals surface area contributed by atoms with Gasteiger partial charge in [-0.1, -0.05) is 0 Å². The van der Waals surface area contributed by atoms with E-state index >= 15 is 0 Å². The number of rotatable bonds is 2. The number of nitrogens with zero attached hydrogens (tertiary/aromatic N) is 1. The van der Waals surface area contributed by atoms with Gasteiger partial charge in [0, 0.05) is 26.7 Å². The third kappa shape index (κ3) is 2.01. The van der Waals surface area contributed by atoms with Crippen molar-refractivity contribution in [2.45, 2.75) is 18.3 Å². The highest BCUT2D eigenvalue weighted by molar-refractivity contribution is 14.1. The summed E-state index contributed by atoms with van der Waals surface area (Å²) >= 11 is 1.94. The van der Waals surface area contributed by atoms with Crippen LogP contribution in [0.15, 0.2) is 12.1 Å². The Bertz CT molecular complexity index is 613. The standard InChI is InChI=1S/C14H13FINO3/c1-20-10(18)6-17-7-14(4-5-14)11-8(13(17)19)2-3-9(16)12(11)15/h2-3H,4-7H2,1H3. The Labute approximate surface area is 129 Å². The maximum absolute atomic E-state index is 14.4. The lowest BCUT2D eigenvalue weighted by Gasteiger charge is -2.34. The monoisotopic (exact) mass is 389 g/mol. The summed E-state index contributed by atoms with van der Waals surface area (Å²) in [5, 5.41) is 0. The second-order valence-electron chi connectivity index (χ2n) is 5.30. The first-order valence-electron chi connectivity index (χ1n) is 6.33. The Morgan fingerprint density at radius 2 is 2.20 bits per heavy atom. The molecule has 1 aromatic carbocycles. The molecule has 1 fully saturated rings. The number of methoxy groups -OCH3 is 1. The molecule has 2 aliphatic rings. The maximum atomic E-state index is 14.4. The first kappa shape index (κ1) is 13.8. The summed E-state index contributed by atoms with van der Waals surface area (Å²) in [6, 6.07) is 3.26. The van der Waals surface area contributed by atoms with Gasteiger partial charge in [0.2, 0.25) is 0 Å². The number of carbonyl (C=O) groups excluding carboxylic acids is 2. The number of hydrogen-bond acceptors (Lipinski definition) is 3. The SMILES string of the molecule is COC(=O)CN1CC2(CC2)c2c(ccc(I)c2F)C1=O. The van der Waals surface area contributed by atoms with E-state index in [4.69, 9.17) is 0 Å². The average molecular weight is 389 g/mol. The van der Waals surface area contributed by atoms with Crippen molar-refractivity contribution in [1.82, 2.24) is 4.90 Å². The molecule has 1 amide bonds. The summed E-state index contributed by atoms with van der Waals surface area (Å²) in [7, 11) is 1.29. The first-order valence-corrected chi connectivity index (χ1v) is 7.41. The van der Waals surface area contributed by atoms with Gasteiger partial charge in [-0.3, -0.25) is 9.59 Å². The lowest BCUT2D eigenvalue weighted by atomic mass is 9.86. The molecule has 1 saturated carbocycles. The van der Waals surface area contributed by atoms with Crippen molar-refractivity contribution < 1.29 is 18.7 Å². The second kappa shape index (κ2) is 4.68. The van der Waals surface area contributed by atoms with E-state index in [1.807, 2.05) is 22.6 Å². The number of hydrogen-bond donors (Lipinski definition) is 0. The van der Waals surface area contributed by atoms with Gasteiger partial charge in [0.25, 0.3) is 5.91 Å². The van der Waals surface area contributed by atoms with Crippen LogP contribution < -0.4 is 0 Å². The lowest BCUT2D eigenvalue weighted by molar-refractivity contribution is -0.141. The molecule has 4 nitrogen and oxygen atoms in total. The minimum atomic E-state index is -0.455. The molecule has 0 radical (unpaired) electrons. The molecular weight excluding hydrogens is 376 g/mol. The van der Waals surface area contributed by atoms with Crippen molar-refractivity contribution in [2.75, 3.05) is 20.2 Å². The summed E-state index contributed by atoms with van der Waals surface area (Å²) in [5.41, 5.74) is 0.619. The third-order valence-electron chi connectivity index (χ3n) is 4.04. The Morgan fingerprint density at radius 1 is 1.50 bits per heavy atom. The zero-order valence-electron chi connectivity index (χ0n) is 10.9. The maximum Gasteiger partial charge on any atom is 0.325 e. The molecule has 1 aliphatic heterocycles. The van der Waals surface area contributed by atoms with Gasteiger partial charge in [0.15, 0.2) is 0 Å². The fourth-order valence-electron chi connectivity index (χ4n) is 2.84. The van der Waals surface area contributed by atoms with Crippen LogP contribution in [0.25, 0.3) is 0 Å². The van der Waals surface area contributed by atoms with Crippen molar-refractivity contribution in [3.8, 4) is 0 Å². The van der Waals surface area contributed by atoms with Crippen LogP contribution in [-0.2, 0) is 14.9 Å².